The van der Waals surface area contributed by atoms with Gasteiger partial charge in [-0.3, -0.25) is 0 Å². The number of thiocarbonyl (C=S) groups is 1. The molecule has 126 valence electrons. The fraction of sp³-hybridized carbons (Fsp3) is 0.0455. The van der Waals surface area contributed by atoms with Gasteiger partial charge in [0, 0.05) is 11.1 Å². The summed E-state index contributed by atoms with van der Waals surface area (Å²) in [5.41, 5.74) is 3.09. The number of hydrogen-bond donors (Lipinski definition) is 0. The number of isothiocyanates is 1. The Bertz CT molecular complexity index is 1030. The standard InChI is InChI=1S/C22H13F2NS/c1-15-2-4-16(5-3-15)6-7-17-12-20(23)22(21(24)13-17)18-8-10-19(11-9-18)25-14-26/h2-5,8-13H,1H3. The molecule has 0 saturated heterocycles. The number of aryl methyl sites for hydroxylation is 1. The van der Waals surface area contributed by atoms with E-state index in [0.717, 1.165) is 11.1 Å². The van der Waals surface area contributed by atoms with Gasteiger partial charge in [-0.15, -0.1) is 0 Å². The second kappa shape index (κ2) is 7.84. The summed E-state index contributed by atoms with van der Waals surface area (Å²) < 4.78 is 28.9. The van der Waals surface area contributed by atoms with Crippen LogP contribution in [0.4, 0.5) is 14.5 Å². The third-order valence-corrected chi connectivity index (χ3v) is 3.87. The molecule has 26 heavy (non-hydrogen) atoms. The van der Waals surface area contributed by atoms with E-state index in [9.17, 15) is 8.78 Å². The Kier molecular flexibility index (Phi) is 5.34. The van der Waals surface area contributed by atoms with Crippen LogP contribution in [0.15, 0.2) is 65.7 Å². The third-order valence-electron chi connectivity index (χ3n) is 3.78. The van der Waals surface area contributed by atoms with E-state index in [1.165, 1.54) is 12.1 Å². The van der Waals surface area contributed by atoms with Crippen molar-refractivity contribution >= 4 is 23.1 Å². The van der Waals surface area contributed by atoms with Crippen LogP contribution in [0, 0.1) is 30.4 Å². The lowest BCUT2D eigenvalue weighted by Gasteiger charge is -2.06. The van der Waals surface area contributed by atoms with Gasteiger partial charge in [-0.2, -0.15) is 4.99 Å². The Labute approximate surface area is 156 Å². The van der Waals surface area contributed by atoms with E-state index in [0.29, 0.717) is 11.3 Å². The lowest BCUT2D eigenvalue weighted by Crippen LogP contribution is -1.92. The Morgan fingerprint density at radius 2 is 1.38 bits per heavy atom. The molecule has 0 aliphatic rings. The molecule has 0 unspecified atom stereocenters. The monoisotopic (exact) mass is 361 g/mol. The number of benzene rings is 3. The molecule has 0 N–H and O–H groups in total. The Morgan fingerprint density at radius 1 is 0.808 bits per heavy atom. The average molecular weight is 361 g/mol. The molecule has 3 rings (SSSR count). The Balaban J connectivity index is 1.93. The molecule has 0 bridgehead atoms. The number of nitrogens with zero attached hydrogens (tertiary/aromatic N) is 1. The molecule has 0 fully saturated rings. The first-order chi connectivity index (χ1) is 12.6. The van der Waals surface area contributed by atoms with E-state index in [1.807, 2.05) is 31.2 Å². The van der Waals surface area contributed by atoms with Gasteiger partial charge in [-0.1, -0.05) is 41.7 Å². The SMILES string of the molecule is Cc1ccc(C#Cc2cc(F)c(-c3ccc(N=C=S)cc3)c(F)c2)cc1. The summed E-state index contributed by atoms with van der Waals surface area (Å²) in [5, 5.41) is 2.25. The van der Waals surface area contributed by atoms with Gasteiger partial charge in [0.25, 0.3) is 0 Å². The summed E-state index contributed by atoms with van der Waals surface area (Å²) in [7, 11) is 0. The smallest absolute Gasteiger partial charge is 0.135 e. The maximum Gasteiger partial charge on any atom is 0.135 e. The minimum atomic E-state index is -0.663. The fourth-order valence-corrected chi connectivity index (χ4v) is 2.56. The van der Waals surface area contributed by atoms with Gasteiger partial charge in [0.05, 0.1) is 16.4 Å². The molecule has 4 heteroatoms. The van der Waals surface area contributed by atoms with Gasteiger partial charge in [0.15, 0.2) is 0 Å². The molecule has 1 nitrogen and oxygen atoms in total. The normalized spacial score (nSPS) is 9.81. The molecule has 0 atom stereocenters. The second-order valence-corrected chi connectivity index (χ2v) is 5.86. The molecule has 0 aliphatic carbocycles. The van der Waals surface area contributed by atoms with Crippen LogP contribution in [0.5, 0.6) is 0 Å². The van der Waals surface area contributed by atoms with Crippen molar-refractivity contribution < 1.29 is 8.78 Å². The summed E-state index contributed by atoms with van der Waals surface area (Å²) in [4.78, 5) is 3.82. The molecule has 0 amide bonds. The van der Waals surface area contributed by atoms with Crippen molar-refractivity contribution in [2.45, 2.75) is 6.92 Å². The van der Waals surface area contributed by atoms with Crippen LogP contribution in [0.2, 0.25) is 0 Å². The van der Waals surface area contributed by atoms with Gasteiger partial charge < -0.3 is 0 Å². The van der Waals surface area contributed by atoms with Crippen molar-refractivity contribution in [1.29, 1.82) is 0 Å². The second-order valence-electron chi connectivity index (χ2n) is 5.68. The quantitative estimate of drug-likeness (QED) is 0.306. The molecule has 3 aromatic rings. The van der Waals surface area contributed by atoms with Crippen LogP contribution in [0.25, 0.3) is 11.1 Å². The van der Waals surface area contributed by atoms with E-state index >= 15 is 0 Å². The molecule has 0 aromatic heterocycles. The average Bonchev–Trinajstić information content (AvgIpc) is 2.62. The predicted octanol–water partition coefficient (Wildman–Crippen LogP) is 6.07. The largest absolute Gasteiger partial charge is 0.206 e. The zero-order valence-electron chi connectivity index (χ0n) is 13.9. The van der Waals surface area contributed by atoms with Crippen molar-refractivity contribution in [2.75, 3.05) is 0 Å². The van der Waals surface area contributed by atoms with Gasteiger partial charge in [0.1, 0.15) is 11.6 Å². The minimum absolute atomic E-state index is 0.0937. The minimum Gasteiger partial charge on any atom is -0.206 e. The number of halogens is 2. The van der Waals surface area contributed by atoms with Crippen molar-refractivity contribution in [3.05, 3.63) is 89.0 Å². The molecule has 0 radical (unpaired) electrons. The molecule has 0 saturated carbocycles. The summed E-state index contributed by atoms with van der Waals surface area (Å²) >= 11 is 4.53. The predicted molar refractivity (Wildman–Crippen MR) is 104 cm³/mol. The molecule has 0 heterocycles. The summed E-state index contributed by atoms with van der Waals surface area (Å²) in [6.07, 6.45) is 0. The molecular formula is C22H13F2NS. The topological polar surface area (TPSA) is 12.4 Å². The number of aliphatic imine (C=N–C) groups is 1. The highest BCUT2D eigenvalue weighted by molar-refractivity contribution is 7.78. The zero-order chi connectivity index (χ0) is 18.5. The van der Waals surface area contributed by atoms with E-state index < -0.39 is 11.6 Å². The van der Waals surface area contributed by atoms with E-state index in [-0.39, 0.29) is 11.1 Å². The van der Waals surface area contributed by atoms with Crippen molar-refractivity contribution in [3.63, 3.8) is 0 Å². The van der Waals surface area contributed by atoms with Crippen LogP contribution in [0.3, 0.4) is 0 Å². The number of hydrogen-bond acceptors (Lipinski definition) is 2. The van der Waals surface area contributed by atoms with Gasteiger partial charge >= 0.3 is 0 Å². The van der Waals surface area contributed by atoms with Crippen LogP contribution < -0.4 is 0 Å². The van der Waals surface area contributed by atoms with Crippen LogP contribution in [-0.2, 0) is 0 Å². The van der Waals surface area contributed by atoms with Gasteiger partial charge in [-0.05, 0) is 61.1 Å². The van der Waals surface area contributed by atoms with Gasteiger partial charge in [-0.25, -0.2) is 8.78 Å². The first-order valence-electron chi connectivity index (χ1n) is 7.83. The lowest BCUT2D eigenvalue weighted by molar-refractivity contribution is 0.589. The van der Waals surface area contributed by atoms with E-state index in [4.69, 9.17) is 0 Å². The third kappa shape index (κ3) is 4.10. The summed E-state index contributed by atoms with van der Waals surface area (Å²) in [5.74, 6) is 4.39. The molecule has 0 aliphatic heterocycles. The maximum absolute atomic E-state index is 14.5. The Morgan fingerprint density at radius 3 is 1.96 bits per heavy atom. The highest BCUT2D eigenvalue weighted by Gasteiger charge is 2.12. The van der Waals surface area contributed by atoms with E-state index in [2.05, 4.69) is 34.2 Å². The van der Waals surface area contributed by atoms with Crippen LogP contribution >= 0.6 is 12.2 Å². The first-order valence-corrected chi connectivity index (χ1v) is 8.23. The van der Waals surface area contributed by atoms with Crippen LogP contribution in [-0.4, -0.2) is 5.16 Å². The van der Waals surface area contributed by atoms with Crippen molar-refractivity contribution in [3.8, 4) is 23.0 Å². The summed E-state index contributed by atoms with van der Waals surface area (Å²) in [6, 6.07) is 16.5. The Hall–Kier alpha value is -3.12. The van der Waals surface area contributed by atoms with E-state index in [1.54, 1.807) is 24.3 Å². The zero-order valence-corrected chi connectivity index (χ0v) is 14.7. The maximum atomic E-state index is 14.5. The number of rotatable bonds is 2. The first kappa shape index (κ1) is 17.7. The molecule has 3 aromatic carbocycles. The highest BCUT2D eigenvalue weighted by atomic mass is 32.1. The highest BCUT2D eigenvalue weighted by Crippen LogP contribution is 2.28. The van der Waals surface area contributed by atoms with Crippen molar-refractivity contribution in [2.24, 2.45) is 4.99 Å². The van der Waals surface area contributed by atoms with Crippen LogP contribution in [0.1, 0.15) is 16.7 Å². The lowest BCUT2D eigenvalue weighted by atomic mass is 10.0. The fourth-order valence-electron chi connectivity index (χ4n) is 2.46. The molecule has 0 spiro atoms. The van der Waals surface area contributed by atoms with Gasteiger partial charge in [0.2, 0.25) is 0 Å². The molecular weight excluding hydrogens is 348 g/mol. The summed E-state index contributed by atoms with van der Waals surface area (Å²) in [6.45, 7) is 1.98. The van der Waals surface area contributed by atoms with Crippen molar-refractivity contribution in [1.82, 2.24) is 0 Å².